The zero-order valence-electron chi connectivity index (χ0n) is 14.0. The molecule has 0 spiro atoms. The SMILES string of the molecule is O=c1ccc(C2CC2)nn1CC1CCN(Cc2cccnc2)CC1. The maximum Gasteiger partial charge on any atom is 0.266 e. The average Bonchev–Trinajstić information content (AvgIpc) is 3.45. The number of hydrogen-bond donors (Lipinski definition) is 0. The molecule has 2 fully saturated rings. The van der Waals surface area contributed by atoms with Crippen molar-refractivity contribution in [1.82, 2.24) is 19.7 Å². The van der Waals surface area contributed by atoms with Gasteiger partial charge in [0.1, 0.15) is 0 Å². The molecule has 126 valence electrons. The van der Waals surface area contributed by atoms with Crippen molar-refractivity contribution in [1.29, 1.82) is 0 Å². The van der Waals surface area contributed by atoms with Gasteiger partial charge in [-0.15, -0.1) is 0 Å². The van der Waals surface area contributed by atoms with E-state index in [1.807, 2.05) is 24.5 Å². The first-order valence-electron chi connectivity index (χ1n) is 8.97. The lowest BCUT2D eigenvalue weighted by molar-refractivity contribution is 0.163. The van der Waals surface area contributed by atoms with E-state index in [-0.39, 0.29) is 5.56 Å². The second-order valence-electron chi connectivity index (χ2n) is 7.13. The Morgan fingerprint density at radius 3 is 2.62 bits per heavy atom. The van der Waals surface area contributed by atoms with Crippen LogP contribution in [0.2, 0.25) is 0 Å². The van der Waals surface area contributed by atoms with Crippen molar-refractivity contribution in [2.45, 2.75) is 44.7 Å². The average molecular weight is 324 g/mol. The lowest BCUT2D eigenvalue weighted by atomic mass is 9.96. The summed E-state index contributed by atoms with van der Waals surface area (Å²) in [6.07, 6.45) is 8.45. The fourth-order valence-electron chi connectivity index (χ4n) is 3.51. The van der Waals surface area contributed by atoms with Crippen molar-refractivity contribution in [3.05, 3.63) is 58.3 Å². The van der Waals surface area contributed by atoms with Crippen LogP contribution >= 0.6 is 0 Å². The summed E-state index contributed by atoms with van der Waals surface area (Å²) in [7, 11) is 0. The first-order chi connectivity index (χ1) is 11.8. The fourth-order valence-corrected chi connectivity index (χ4v) is 3.51. The van der Waals surface area contributed by atoms with E-state index >= 15 is 0 Å². The van der Waals surface area contributed by atoms with Crippen molar-refractivity contribution in [3.63, 3.8) is 0 Å². The van der Waals surface area contributed by atoms with E-state index in [2.05, 4.69) is 21.0 Å². The molecule has 0 N–H and O–H groups in total. The van der Waals surface area contributed by atoms with Crippen LogP contribution in [-0.4, -0.2) is 32.8 Å². The molecule has 5 heteroatoms. The third-order valence-electron chi connectivity index (χ3n) is 5.15. The lowest BCUT2D eigenvalue weighted by Gasteiger charge is -2.31. The summed E-state index contributed by atoms with van der Waals surface area (Å²) in [5.41, 5.74) is 2.41. The second kappa shape index (κ2) is 6.85. The van der Waals surface area contributed by atoms with Crippen molar-refractivity contribution in [3.8, 4) is 0 Å². The Morgan fingerprint density at radius 2 is 1.92 bits per heavy atom. The first kappa shape index (κ1) is 15.5. The van der Waals surface area contributed by atoms with E-state index in [1.165, 1.54) is 18.4 Å². The topological polar surface area (TPSA) is 51.0 Å². The van der Waals surface area contributed by atoms with Crippen LogP contribution in [0.25, 0.3) is 0 Å². The molecular formula is C19H24N4O. The van der Waals surface area contributed by atoms with E-state index in [1.54, 1.807) is 10.7 Å². The predicted molar refractivity (Wildman–Crippen MR) is 92.7 cm³/mol. The van der Waals surface area contributed by atoms with Crippen LogP contribution in [0.1, 0.15) is 42.9 Å². The van der Waals surface area contributed by atoms with Gasteiger partial charge in [-0.1, -0.05) is 6.07 Å². The van der Waals surface area contributed by atoms with E-state index in [0.717, 1.165) is 44.7 Å². The molecule has 1 aliphatic heterocycles. The van der Waals surface area contributed by atoms with Gasteiger partial charge in [0, 0.05) is 37.5 Å². The summed E-state index contributed by atoms with van der Waals surface area (Å²) in [6.45, 7) is 3.89. The van der Waals surface area contributed by atoms with Gasteiger partial charge in [-0.05, 0) is 62.4 Å². The van der Waals surface area contributed by atoms with Gasteiger partial charge >= 0.3 is 0 Å². The molecule has 1 saturated heterocycles. The Bertz CT molecular complexity index is 731. The smallest absolute Gasteiger partial charge is 0.266 e. The number of pyridine rings is 1. The minimum absolute atomic E-state index is 0.0391. The van der Waals surface area contributed by atoms with Crippen molar-refractivity contribution in [2.24, 2.45) is 5.92 Å². The summed E-state index contributed by atoms with van der Waals surface area (Å²) in [6, 6.07) is 7.73. The number of likely N-dealkylation sites (tertiary alicyclic amines) is 1. The standard InChI is InChI=1S/C19H24N4O/c24-19-6-5-18(17-3-4-17)21-23(19)14-15-7-10-22(11-8-15)13-16-2-1-9-20-12-16/h1-2,5-6,9,12,15,17H,3-4,7-8,10-11,13-14H2. The van der Waals surface area contributed by atoms with Crippen LogP contribution in [0.15, 0.2) is 41.5 Å². The first-order valence-corrected chi connectivity index (χ1v) is 8.97. The van der Waals surface area contributed by atoms with Crippen LogP contribution in [0.3, 0.4) is 0 Å². The summed E-state index contributed by atoms with van der Waals surface area (Å²) >= 11 is 0. The van der Waals surface area contributed by atoms with Gasteiger partial charge in [0.15, 0.2) is 0 Å². The summed E-state index contributed by atoms with van der Waals surface area (Å²) < 4.78 is 1.70. The molecule has 1 aliphatic carbocycles. The van der Waals surface area contributed by atoms with Crippen molar-refractivity contribution >= 4 is 0 Å². The van der Waals surface area contributed by atoms with Crippen LogP contribution < -0.4 is 5.56 Å². The normalized spacial score (nSPS) is 19.5. The fraction of sp³-hybridized carbons (Fsp3) is 0.526. The van der Waals surface area contributed by atoms with Crippen molar-refractivity contribution in [2.75, 3.05) is 13.1 Å². The molecule has 24 heavy (non-hydrogen) atoms. The number of rotatable bonds is 5. The minimum atomic E-state index is 0.0391. The molecule has 2 aliphatic rings. The summed E-state index contributed by atoms with van der Waals surface area (Å²) in [5.74, 6) is 1.15. The van der Waals surface area contributed by atoms with Crippen LogP contribution in [0.5, 0.6) is 0 Å². The highest BCUT2D eigenvalue weighted by Gasteiger charge is 2.26. The third kappa shape index (κ3) is 3.73. The molecule has 0 unspecified atom stereocenters. The Balaban J connectivity index is 1.33. The largest absolute Gasteiger partial charge is 0.299 e. The molecule has 0 atom stereocenters. The summed E-state index contributed by atoms with van der Waals surface area (Å²) in [5, 5.41) is 4.60. The molecule has 4 rings (SSSR count). The lowest BCUT2D eigenvalue weighted by Crippen LogP contribution is -2.36. The maximum absolute atomic E-state index is 12.1. The quantitative estimate of drug-likeness (QED) is 0.847. The Morgan fingerprint density at radius 1 is 1.08 bits per heavy atom. The van der Waals surface area contributed by atoms with E-state index < -0.39 is 0 Å². The van der Waals surface area contributed by atoms with Gasteiger partial charge in [-0.25, -0.2) is 4.68 Å². The van der Waals surface area contributed by atoms with Gasteiger partial charge in [-0.2, -0.15) is 5.10 Å². The third-order valence-corrected chi connectivity index (χ3v) is 5.15. The van der Waals surface area contributed by atoms with E-state index in [4.69, 9.17) is 0 Å². The molecule has 2 aromatic rings. The van der Waals surface area contributed by atoms with E-state index in [9.17, 15) is 4.79 Å². The van der Waals surface area contributed by atoms with Gasteiger partial charge in [0.2, 0.25) is 0 Å². The van der Waals surface area contributed by atoms with Gasteiger partial charge < -0.3 is 0 Å². The Labute approximate surface area is 142 Å². The number of hydrogen-bond acceptors (Lipinski definition) is 4. The molecule has 5 nitrogen and oxygen atoms in total. The van der Waals surface area contributed by atoms with Gasteiger partial charge in [0.25, 0.3) is 5.56 Å². The second-order valence-corrected chi connectivity index (χ2v) is 7.13. The van der Waals surface area contributed by atoms with Crippen LogP contribution in [0.4, 0.5) is 0 Å². The van der Waals surface area contributed by atoms with E-state index in [0.29, 0.717) is 11.8 Å². The highest BCUT2D eigenvalue weighted by molar-refractivity contribution is 5.12. The predicted octanol–water partition coefficient (Wildman–Crippen LogP) is 2.43. The van der Waals surface area contributed by atoms with Gasteiger partial charge in [0.05, 0.1) is 5.69 Å². The highest BCUT2D eigenvalue weighted by Crippen LogP contribution is 2.38. The maximum atomic E-state index is 12.1. The molecular weight excluding hydrogens is 300 g/mol. The summed E-state index contributed by atoms with van der Waals surface area (Å²) in [4.78, 5) is 18.7. The molecule has 2 aromatic heterocycles. The van der Waals surface area contributed by atoms with Crippen LogP contribution in [0, 0.1) is 5.92 Å². The van der Waals surface area contributed by atoms with Gasteiger partial charge in [-0.3, -0.25) is 14.7 Å². The minimum Gasteiger partial charge on any atom is -0.299 e. The Hall–Kier alpha value is -2.01. The van der Waals surface area contributed by atoms with Crippen molar-refractivity contribution < 1.29 is 0 Å². The van der Waals surface area contributed by atoms with Crippen LogP contribution in [-0.2, 0) is 13.1 Å². The molecule has 0 amide bonds. The molecule has 0 radical (unpaired) electrons. The molecule has 0 aromatic carbocycles. The zero-order valence-corrected chi connectivity index (χ0v) is 14.0. The molecule has 0 bridgehead atoms. The number of piperidine rings is 1. The zero-order chi connectivity index (χ0) is 16.4. The monoisotopic (exact) mass is 324 g/mol. The Kier molecular flexibility index (Phi) is 4.43. The molecule has 1 saturated carbocycles. The number of nitrogens with zero attached hydrogens (tertiary/aromatic N) is 4. The highest BCUT2D eigenvalue weighted by atomic mass is 16.1. The number of aromatic nitrogens is 3. The molecule has 3 heterocycles.